The molecule has 0 radical (unpaired) electrons. The first-order valence-corrected chi connectivity index (χ1v) is 18.5. The number of rotatable bonds is 5. The van der Waals surface area contributed by atoms with Crippen LogP contribution in [0.5, 0.6) is 0 Å². The lowest BCUT2D eigenvalue weighted by Crippen LogP contribution is -2.11. The molecule has 11 rings (SSSR count). The minimum absolute atomic E-state index is 0.900. The lowest BCUT2D eigenvalue weighted by Gasteiger charge is -2.29. The van der Waals surface area contributed by atoms with E-state index in [1.165, 1.54) is 60.0 Å². The molecule has 0 aliphatic rings. The van der Waals surface area contributed by atoms with E-state index in [4.69, 9.17) is 4.42 Å². The average Bonchev–Trinajstić information content (AvgIpc) is 3.63. The molecule has 0 bridgehead atoms. The zero-order valence-corrected chi connectivity index (χ0v) is 29.4. The van der Waals surface area contributed by atoms with Gasteiger partial charge in [-0.25, -0.2) is 0 Å². The number of para-hydroxylation sites is 2. The molecule has 2 heteroatoms. The van der Waals surface area contributed by atoms with Crippen LogP contribution >= 0.6 is 0 Å². The number of benzene rings is 10. The molecule has 0 spiro atoms. The van der Waals surface area contributed by atoms with Gasteiger partial charge in [-0.05, 0) is 103 Å². The summed E-state index contributed by atoms with van der Waals surface area (Å²) in [5, 5.41) is 12.2. The third-order valence-electron chi connectivity index (χ3n) is 11.0. The molecule has 0 N–H and O–H groups in total. The minimum atomic E-state index is 0.900. The van der Waals surface area contributed by atoms with E-state index in [-0.39, 0.29) is 0 Å². The van der Waals surface area contributed by atoms with Crippen LogP contribution in [-0.2, 0) is 0 Å². The van der Waals surface area contributed by atoms with Gasteiger partial charge in [0.25, 0.3) is 0 Å². The predicted molar refractivity (Wildman–Crippen MR) is 229 cm³/mol. The first kappa shape index (κ1) is 30.5. The van der Waals surface area contributed by atoms with Crippen molar-refractivity contribution in [3.05, 3.63) is 200 Å². The summed E-state index contributed by atoms with van der Waals surface area (Å²) < 4.78 is 6.33. The summed E-state index contributed by atoms with van der Waals surface area (Å²) in [6, 6.07) is 72.3. The van der Waals surface area contributed by atoms with Crippen molar-refractivity contribution in [1.29, 1.82) is 0 Å². The summed E-state index contributed by atoms with van der Waals surface area (Å²) in [5.74, 6) is 0. The Morgan fingerprint density at radius 3 is 1.80 bits per heavy atom. The molecule has 0 aliphatic carbocycles. The SMILES string of the molecule is c1ccc(-c2ccccc2N(c2ccc(-c3cc4ccccc4c4c3ccc3ccccc34)cc2)c2cccc3c2ccc2oc4ccccc4c23)cc1. The molecule has 0 atom stereocenters. The molecule has 1 aromatic heterocycles. The van der Waals surface area contributed by atoms with Crippen LogP contribution in [0.25, 0.3) is 87.3 Å². The highest BCUT2D eigenvalue weighted by atomic mass is 16.3. The number of nitrogens with zero attached hydrogens (tertiary/aromatic N) is 1. The molecule has 0 unspecified atom stereocenters. The van der Waals surface area contributed by atoms with Gasteiger partial charge in [-0.3, -0.25) is 0 Å². The van der Waals surface area contributed by atoms with Crippen molar-refractivity contribution >= 4 is 82.1 Å². The van der Waals surface area contributed by atoms with Gasteiger partial charge in [0.2, 0.25) is 0 Å². The average molecular weight is 688 g/mol. The first-order valence-electron chi connectivity index (χ1n) is 18.5. The third-order valence-corrected chi connectivity index (χ3v) is 11.0. The predicted octanol–water partition coefficient (Wildman–Crippen LogP) is 15.0. The number of fused-ring (bicyclic) bond motifs is 10. The van der Waals surface area contributed by atoms with Gasteiger partial charge in [0.1, 0.15) is 11.2 Å². The number of hydrogen-bond acceptors (Lipinski definition) is 2. The Bertz CT molecular complexity index is 3200. The van der Waals surface area contributed by atoms with E-state index in [2.05, 4.69) is 199 Å². The lowest BCUT2D eigenvalue weighted by molar-refractivity contribution is 0.669. The Labute approximate surface area is 312 Å². The van der Waals surface area contributed by atoms with E-state index in [0.717, 1.165) is 44.4 Å². The second-order valence-electron chi connectivity index (χ2n) is 14.0. The van der Waals surface area contributed by atoms with Crippen LogP contribution in [0.3, 0.4) is 0 Å². The van der Waals surface area contributed by atoms with E-state index in [1.807, 2.05) is 6.07 Å². The standard InChI is InChI=1S/C52H33NO/c1-2-13-34(14-3-1)39-17-8-10-22-47(39)53(48-23-12-21-43-42(48)31-32-50-52(43)45-20-9-11-24-49(45)54-50)38-28-25-36(26-29-38)46-33-37-16-5-7-19-41(37)51-40-18-6-4-15-35(40)27-30-44(46)51/h1-33H. The molecule has 2 nitrogen and oxygen atoms in total. The molecule has 0 fully saturated rings. The lowest BCUT2D eigenvalue weighted by atomic mass is 9.90. The maximum absolute atomic E-state index is 6.33. The van der Waals surface area contributed by atoms with E-state index in [1.54, 1.807) is 0 Å². The van der Waals surface area contributed by atoms with Crippen molar-refractivity contribution in [1.82, 2.24) is 0 Å². The Morgan fingerprint density at radius 1 is 0.315 bits per heavy atom. The highest BCUT2D eigenvalue weighted by Crippen LogP contribution is 2.46. The number of furan rings is 1. The minimum Gasteiger partial charge on any atom is -0.456 e. The van der Waals surface area contributed by atoms with Crippen LogP contribution in [0, 0.1) is 0 Å². The van der Waals surface area contributed by atoms with Crippen LogP contribution in [0.15, 0.2) is 205 Å². The van der Waals surface area contributed by atoms with Crippen LogP contribution in [0.1, 0.15) is 0 Å². The number of anilines is 3. The highest BCUT2D eigenvalue weighted by molar-refractivity contribution is 6.24. The van der Waals surface area contributed by atoms with Crippen molar-refractivity contribution in [2.45, 2.75) is 0 Å². The Hall–Kier alpha value is -7.16. The molecule has 252 valence electrons. The van der Waals surface area contributed by atoms with Gasteiger partial charge in [0.15, 0.2) is 0 Å². The summed E-state index contributed by atoms with van der Waals surface area (Å²) in [5.41, 5.74) is 9.87. The van der Waals surface area contributed by atoms with Crippen molar-refractivity contribution in [3.8, 4) is 22.3 Å². The second-order valence-corrected chi connectivity index (χ2v) is 14.0. The van der Waals surface area contributed by atoms with Crippen molar-refractivity contribution in [2.24, 2.45) is 0 Å². The molecular formula is C52H33NO. The van der Waals surface area contributed by atoms with Crippen LogP contribution in [-0.4, -0.2) is 0 Å². The maximum Gasteiger partial charge on any atom is 0.136 e. The van der Waals surface area contributed by atoms with E-state index in [0.29, 0.717) is 0 Å². The first-order chi connectivity index (χ1) is 26.8. The van der Waals surface area contributed by atoms with Gasteiger partial charge >= 0.3 is 0 Å². The van der Waals surface area contributed by atoms with Gasteiger partial charge in [-0.1, -0.05) is 152 Å². The van der Waals surface area contributed by atoms with Crippen LogP contribution < -0.4 is 4.90 Å². The van der Waals surface area contributed by atoms with E-state index >= 15 is 0 Å². The van der Waals surface area contributed by atoms with Gasteiger partial charge in [0, 0.05) is 27.4 Å². The second kappa shape index (κ2) is 12.2. The quantitative estimate of drug-likeness (QED) is 0.168. The van der Waals surface area contributed by atoms with E-state index < -0.39 is 0 Å². The van der Waals surface area contributed by atoms with Crippen LogP contribution in [0.2, 0.25) is 0 Å². The molecular weight excluding hydrogens is 655 g/mol. The van der Waals surface area contributed by atoms with Crippen molar-refractivity contribution in [2.75, 3.05) is 4.90 Å². The largest absolute Gasteiger partial charge is 0.456 e. The summed E-state index contributed by atoms with van der Waals surface area (Å²) in [4.78, 5) is 2.43. The van der Waals surface area contributed by atoms with Gasteiger partial charge in [0.05, 0.1) is 11.4 Å². The molecule has 0 saturated carbocycles. The Morgan fingerprint density at radius 2 is 0.944 bits per heavy atom. The summed E-state index contributed by atoms with van der Waals surface area (Å²) in [7, 11) is 0. The molecule has 1 heterocycles. The van der Waals surface area contributed by atoms with Crippen molar-refractivity contribution in [3.63, 3.8) is 0 Å². The molecule has 54 heavy (non-hydrogen) atoms. The third kappa shape index (κ3) is 4.74. The molecule has 10 aromatic carbocycles. The summed E-state index contributed by atoms with van der Waals surface area (Å²) >= 11 is 0. The molecule has 0 amide bonds. The highest BCUT2D eigenvalue weighted by Gasteiger charge is 2.21. The molecule has 0 aliphatic heterocycles. The Balaban J connectivity index is 1.14. The zero-order valence-electron chi connectivity index (χ0n) is 29.4. The Kier molecular flexibility index (Phi) is 6.90. The smallest absolute Gasteiger partial charge is 0.136 e. The number of hydrogen-bond donors (Lipinski definition) is 0. The van der Waals surface area contributed by atoms with E-state index in [9.17, 15) is 0 Å². The van der Waals surface area contributed by atoms with Crippen molar-refractivity contribution < 1.29 is 4.42 Å². The molecule has 0 saturated heterocycles. The van der Waals surface area contributed by atoms with Crippen LogP contribution in [0.4, 0.5) is 17.1 Å². The fourth-order valence-electron chi connectivity index (χ4n) is 8.60. The zero-order chi connectivity index (χ0) is 35.6. The summed E-state index contributed by atoms with van der Waals surface area (Å²) in [6.07, 6.45) is 0. The fourth-order valence-corrected chi connectivity index (χ4v) is 8.60. The van der Waals surface area contributed by atoms with Gasteiger partial charge in [-0.2, -0.15) is 0 Å². The van der Waals surface area contributed by atoms with Gasteiger partial charge in [-0.15, -0.1) is 0 Å². The molecule has 11 aromatic rings. The van der Waals surface area contributed by atoms with Gasteiger partial charge < -0.3 is 9.32 Å². The normalized spacial score (nSPS) is 11.7. The maximum atomic E-state index is 6.33. The summed E-state index contributed by atoms with van der Waals surface area (Å²) in [6.45, 7) is 0. The topological polar surface area (TPSA) is 16.4 Å². The fraction of sp³-hybridized carbons (Fsp3) is 0. The monoisotopic (exact) mass is 687 g/mol.